The van der Waals surface area contributed by atoms with Gasteiger partial charge in [0.1, 0.15) is 6.10 Å². The second-order valence-electron chi connectivity index (χ2n) is 6.37. The molecule has 0 radical (unpaired) electrons. The molecule has 3 atom stereocenters. The molecule has 0 aliphatic carbocycles. The molecule has 0 saturated carbocycles. The van der Waals surface area contributed by atoms with E-state index in [9.17, 15) is 5.11 Å². The second kappa shape index (κ2) is 6.08. The Morgan fingerprint density at radius 3 is 2.42 bits per heavy atom. The van der Waals surface area contributed by atoms with Gasteiger partial charge >= 0.3 is 0 Å². The number of aliphatic hydroxyl groups is 1. The zero-order valence-corrected chi connectivity index (χ0v) is 12.5. The average Bonchev–Trinajstić information content (AvgIpc) is 2.79. The lowest BCUT2D eigenvalue weighted by atomic mass is 9.92. The van der Waals surface area contributed by atoms with Crippen molar-refractivity contribution in [1.82, 2.24) is 0 Å². The van der Waals surface area contributed by atoms with Gasteiger partial charge in [-0.3, -0.25) is 0 Å². The van der Waals surface area contributed by atoms with Crippen molar-refractivity contribution < 1.29 is 19.3 Å². The maximum Gasteiger partial charge on any atom is 0.187 e. The van der Waals surface area contributed by atoms with Gasteiger partial charge in [0.2, 0.25) is 0 Å². The number of fused-ring (bicyclic) bond motifs is 1. The Morgan fingerprint density at radius 2 is 1.79 bits per heavy atom. The zero-order valence-electron chi connectivity index (χ0n) is 12.5. The van der Waals surface area contributed by atoms with Crippen LogP contribution in [-0.4, -0.2) is 35.5 Å². The van der Waals surface area contributed by atoms with Gasteiger partial charge in [0.15, 0.2) is 12.1 Å². The predicted octanol–water partition coefficient (Wildman–Crippen LogP) is 2.98. The highest BCUT2D eigenvalue weighted by molar-refractivity contribution is 4.95. The summed E-state index contributed by atoms with van der Waals surface area (Å²) in [5, 5.41) is 9.67. The molecule has 2 aliphatic rings. The third-order valence-corrected chi connectivity index (χ3v) is 4.10. The monoisotopic (exact) mass is 272 g/mol. The van der Waals surface area contributed by atoms with Crippen LogP contribution in [0.4, 0.5) is 0 Å². The maximum absolute atomic E-state index is 9.67. The minimum atomic E-state index is -0.557. The van der Waals surface area contributed by atoms with Gasteiger partial charge in [-0.15, -0.1) is 0 Å². The fourth-order valence-corrected chi connectivity index (χ4v) is 3.10. The van der Waals surface area contributed by atoms with Crippen LogP contribution in [-0.2, 0) is 14.2 Å². The SMILES string of the molecule is CCCCCCCC1(CO)CC2OC(C)(C)OC2O1. The highest BCUT2D eigenvalue weighted by Crippen LogP contribution is 2.43. The standard InChI is InChI=1S/C15H28O4/c1-4-5-6-7-8-9-15(11-16)10-12-13(19-15)18-14(2,3)17-12/h12-13,16H,4-11H2,1-3H3. The molecule has 0 aromatic carbocycles. The Hall–Kier alpha value is -0.160. The van der Waals surface area contributed by atoms with Gasteiger partial charge in [0, 0.05) is 6.42 Å². The summed E-state index contributed by atoms with van der Waals surface area (Å²) in [6.07, 6.45) is 7.42. The number of aliphatic hydroxyl groups excluding tert-OH is 1. The van der Waals surface area contributed by atoms with Crippen LogP contribution in [0.1, 0.15) is 65.7 Å². The van der Waals surface area contributed by atoms with Crippen LogP contribution in [0.3, 0.4) is 0 Å². The topological polar surface area (TPSA) is 47.9 Å². The van der Waals surface area contributed by atoms with Gasteiger partial charge < -0.3 is 19.3 Å². The molecule has 2 aliphatic heterocycles. The average molecular weight is 272 g/mol. The van der Waals surface area contributed by atoms with Crippen molar-refractivity contribution in [1.29, 1.82) is 0 Å². The van der Waals surface area contributed by atoms with E-state index in [0.29, 0.717) is 0 Å². The first kappa shape index (κ1) is 15.2. The molecule has 0 aromatic heterocycles. The number of hydrogen-bond acceptors (Lipinski definition) is 4. The highest BCUT2D eigenvalue weighted by atomic mass is 16.8. The summed E-state index contributed by atoms with van der Waals surface area (Å²) in [5.41, 5.74) is -0.446. The Balaban J connectivity index is 1.79. The Labute approximate surface area is 116 Å². The summed E-state index contributed by atoms with van der Waals surface area (Å²) in [4.78, 5) is 0. The fourth-order valence-electron chi connectivity index (χ4n) is 3.10. The van der Waals surface area contributed by atoms with E-state index in [4.69, 9.17) is 14.2 Å². The Kier molecular flexibility index (Phi) is 4.88. The number of rotatable bonds is 7. The first-order valence-corrected chi connectivity index (χ1v) is 7.65. The van der Waals surface area contributed by atoms with Gasteiger partial charge in [0.05, 0.1) is 12.2 Å². The zero-order chi connectivity index (χ0) is 13.9. The minimum Gasteiger partial charge on any atom is -0.393 e. The Morgan fingerprint density at radius 1 is 1.05 bits per heavy atom. The Bertz CT molecular complexity index is 274. The van der Waals surface area contributed by atoms with E-state index < -0.39 is 11.4 Å². The predicted molar refractivity (Wildman–Crippen MR) is 72.7 cm³/mol. The van der Waals surface area contributed by atoms with E-state index in [1.807, 2.05) is 13.8 Å². The third kappa shape index (κ3) is 3.69. The molecule has 112 valence electrons. The molecular weight excluding hydrogens is 244 g/mol. The quantitative estimate of drug-likeness (QED) is 0.724. The van der Waals surface area contributed by atoms with Crippen molar-refractivity contribution in [3.8, 4) is 0 Å². The van der Waals surface area contributed by atoms with Crippen molar-refractivity contribution in [3.05, 3.63) is 0 Å². The molecule has 1 N–H and O–H groups in total. The van der Waals surface area contributed by atoms with E-state index >= 15 is 0 Å². The molecule has 0 bridgehead atoms. The van der Waals surface area contributed by atoms with Crippen LogP contribution in [0.25, 0.3) is 0 Å². The van der Waals surface area contributed by atoms with Crippen molar-refractivity contribution in [2.45, 2.75) is 89.5 Å². The normalized spacial score (nSPS) is 36.6. The molecule has 2 rings (SSSR count). The molecule has 4 heteroatoms. The molecular formula is C15H28O4. The van der Waals surface area contributed by atoms with Gasteiger partial charge in [-0.05, 0) is 20.3 Å². The molecule has 2 heterocycles. The lowest BCUT2D eigenvalue weighted by Gasteiger charge is -2.29. The molecule has 0 amide bonds. The van der Waals surface area contributed by atoms with E-state index in [2.05, 4.69) is 6.92 Å². The van der Waals surface area contributed by atoms with Crippen LogP contribution in [0, 0.1) is 0 Å². The summed E-state index contributed by atoms with van der Waals surface area (Å²) in [5.74, 6) is -0.557. The third-order valence-electron chi connectivity index (χ3n) is 4.10. The molecule has 3 unspecified atom stereocenters. The van der Waals surface area contributed by atoms with Gasteiger partial charge in [-0.1, -0.05) is 39.0 Å². The van der Waals surface area contributed by atoms with E-state index in [1.54, 1.807) is 0 Å². The van der Waals surface area contributed by atoms with Gasteiger partial charge in [-0.25, -0.2) is 0 Å². The lowest BCUT2D eigenvalue weighted by Crippen LogP contribution is -2.36. The van der Waals surface area contributed by atoms with Crippen LogP contribution in [0.2, 0.25) is 0 Å². The number of ether oxygens (including phenoxy) is 3. The molecule has 19 heavy (non-hydrogen) atoms. The van der Waals surface area contributed by atoms with Crippen molar-refractivity contribution >= 4 is 0 Å². The number of unbranched alkanes of at least 4 members (excludes halogenated alkanes) is 4. The molecule has 0 aromatic rings. The van der Waals surface area contributed by atoms with Crippen molar-refractivity contribution in [3.63, 3.8) is 0 Å². The van der Waals surface area contributed by atoms with Crippen LogP contribution < -0.4 is 0 Å². The van der Waals surface area contributed by atoms with Crippen LogP contribution in [0.15, 0.2) is 0 Å². The summed E-state index contributed by atoms with van der Waals surface area (Å²) >= 11 is 0. The summed E-state index contributed by atoms with van der Waals surface area (Å²) in [6.45, 7) is 6.08. The van der Waals surface area contributed by atoms with Crippen LogP contribution >= 0.6 is 0 Å². The van der Waals surface area contributed by atoms with Gasteiger partial charge in [0.25, 0.3) is 0 Å². The summed E-state index contributed by atoms with van der Waals surface area (Å²) in [7, 11) is 0. The van der Waals surface area contributed by atoms with E-state index in [0.717, 1.165) is 19.3 Å². The molecule has 0 spiro atoms. The highest BCUT2D eigenvalue weighted by Gasteiger charge is 2.54. The van der Waals surface area contributed by atoms with Gasteiger partial charge in [-0.2, -0.15) is 0 Å². The maximum atomic E-state index is 9.67. The smallest absolute Gasteiger partial charge is 0.187 e. The molecule has 2 saturated heterocycles. The van der Waals surface area contributed by atoms with E-state index in [-0.39, 0.29) is 19.0 Å². The number of hydrogen-bond donors (Lipinski definition) is 1. The minimum absolute atomic E-state index is 0.0298. The fraction of sp³-hybridized carbons (Fsp3) is 1.00. The second-order valence-corrected chi connectivity index (χ2v) is 6.37. The molecule has 2 fully saturated rings. The summed E-state index contributed by atoms with van der Waals surface area (Å²) in [6, 6.07) is 0. The summed E-state index contributed by atoms with van der Waals surface area (Å²) < 4.78 is 17.5. The van der Waals surface area contributed by atoms with Crippen molar-refractivity contribution in [2.75, 3.05) is 6.61 Å². The van der Waals surface area contributed by atoms with Crippen molar-refractivity contribution in [2.24, 2.45) is 0 Å². The first-order chi connectivity index (χ1) is 9.00. The lowest BCUT2D eigenvalue weighted by molar-refractivity contribution is -0.231. The first-order valence-electron chi connectivity index (χ1n) is 7.65. The van der Waals surface area contributed by atoms with Crippen LogP contribution in [0.5, 0.6) is 0 Å². The largest absolute Gasteiger partial charge is 0.393 e. The van der Waals surface area contributed by atoms with E-state index in [1.165, 1.54) is 25.7 Å². The molecule has 4 nitrogen and oxygen atoms in total.